The van der Waals surface area contributed by atoms with Gasteiger partial charge in [0.1, 0.15) is 12.6 Å². The molecule has 0 aromatic rings. The smallest absolute Gasteiger partial charge is 0.323 e. The molecule has 0 saturated carbocycles. The van der Waals surface area contributed by atoms with E-state index in [1.165, 1.54) is 20.2 Å². The molecule has 1 heterocycles. The van der Waals surface area contributed by atoms with Crippen LogP contribution in [-0.4, -0.2) is 37.8 Å². The molecular weight excluding hydrogens is 188 g/mol. The Bertz CT molecular complexity index is 283. The predicted molar refractivity (Wildman–Crippen MR) is 49.2 cm³/mol. The van der Waals surface area contributed by atoms with E-state index in [4.69, 9.17) is 4.79 Å². The van der Waals surface area contributed by atoms with Crippen molar-refractivity contribution in [3.05, 3.63) is 0 Å². The lowest BCUT2D eigenvalue weighted by Crippen LogP contribution is -2.27. The molecule has 0 bridgehead atoms. The standard InChI is InChI=1S/C6H6N2O3.C2H4O/c1-11-6(10)4-2-7-3-8-5(4)9;1-2-3/h2-4H,1H3;2H,1H3. The fraction of sp³-hybridized carbons (Fsp3) is 0.375. The number of carbonyl (C=O) groups is 3. The van der Waals surface area contributed by atoms with E-state index in [1.54, 1.807) is 0 Å². The van der Waals surface area contributed by atoms with Crippen LogP contribution in [0.1, 0.15) is 6.92 Å². The fourth-order valence-electron chi connectivity index (χ4n) is 0.647. The summed E-state index contributed by atoms with van der Waals surface area (Å²) in [6.45, 7) is 1.44. The summed E-state index contributed by atoms with van der Waals surface area (Å²) in [4.78, 5) is 37.2. The summed E-state index contributed by atoms with van der Waals surface area (Å²) < 4.78 is 4.34. The number of aliphatic imine (C=N–C) groups is 2. The second-order valence-electron chi connectivity index (χ2n) is 2.12. The van der Waals surface area contributed by atoms with Gasteiger partial charge in [0.05, 0.1) is 7.11 Å². The molecule has 6 nitrogen and oxygen atoms in total. The summed E-state index contributed by atoms with van der Waals surface area (Å²) >= 11 is 0. The van der Waals surface area contributed by atoms with E-state index in [-0.39, 0.29) is 0 Å². The highest BCUT2D eigenvalue weighted by Gasteiger charge is 2.26. The van der Waals surface area contributed by atoms with Crippen LogP contribution in [0.2, 0.25) is 0 Å². The number of rotatable bonds is 1. The molecule has 0 spiro atoms. The first kappa shape index (κ1) is 12.2. The molecule has 0 fully saturated rings. The number of hydrogen-bond donors (Lipinski definition) is 0. The van der Waals surface area contributed by atoms with Crippen LogP contribution in [0.15, 0.2) is 9.98 Å². The molecule has 1 aliphatic heterocycles. The zero-order valence-electron chi connectivity index (χ0n) is 7.84. The minimum Gasteiger partial charge on any atom is -0.468 e. The minimum absolute atomic E-state index is 0.535. The molecule has 0 aromatic carbocycles. The van der Waals surface area contributed by atoms with Gasteiger partial charge < -0.3 is 9.53 Å². The number of methoxy groups -OCH3 is 1. The molecule has 0 aliphatic carbocycles. The van der Waals surface area contributed by atoms with Crippen molar-refractivity contribution < 1.29 is 19.1 Å². The van der Waals surface area contributed by atoms with Crippen LogP contribution in [0, 0.1) is 5.92 Å². The van der Waals surface area contributed by atoms with Gasteiger partial charge in [0.15, 0.2) is 5.92 Å². The van der Waals surface area contributed by atoms with Crippen LogP contribution >= 0.6 is 0 Å². The number of ether oxygens (including phenoxy) is 1. The Balaban J connectivity index is 0.000000500. The Hall–Kier alpha value is -1.85. The van der Waals surface area contributed by atoms with Crippen LogP contribution in [0.5, 0.6) is 0 Å². The largest absolute Gasteiger partial charge is 0.468 e. The molecule has 1 amide bonds. The fourth-order valence-corrected chi connectivity index (χ4v) is 0.647. The average Bonchev–Trinajstić information content (AvgIpc) is 2.19. The Labute approximate surface area is 80.7 Å². The first-order chi connectivity index (χ1) is 6.67. The highest BCUT2D eigenvalue weighted by Crippen LogP contribution is 2.02. The van der Waals surface area contributed by atoms with Crippen molar-refractivity contribution in [2.75, 3.05) is 7.11 Å². The highest BCUT2D eigenvalue weighted by atomic mass is 16.5. The molecule has 1 rings (SSSR count). The van der Waals surface area contributed by atoms with Gasteiger partial charge in [-0.05, 0) is 6.92 Å². The molecule has 1 atom stereocenters. The van der Waals surface area contributed by atoms with Crippen LogP contribution in [-0.2, 0) is 19.1 Å². The summed E-state index contributed by atoms with van der Waals surface area (Å²) in [6.07, 6.45) is 3.06. The first-order valence-electron chi connectivity index (χ1n) is 3.74. The van der Waals surface area contributed by atoms with E-state index in [9.17, 15) is 9.59 Å². The van der Waals surface area contributed by atoms with Crippen molar-refractivity contribution in [1.29, 1.82) is 0 Å². The molecule has 76 valence electrons. The van der Waals surface area contributed by atoms with Crippen molar-refractivity contribution in [1.82, 2.24) is 0 Å². The maximum atomic E-state index is 10.8. The topological polar surface area (TPSA) is 85.2 Å². The quantitative estimate of drug-likeness (QED) is 0.326. The van der Waals surface area contributed by atoms with Crippen molar-refractivity contribution in [3.8, 4) is 0 Å². The second-order valence-corrected chi connectivity index (χ2v) is 2.12. The monoisotopic (exact) mass is 198 g/mol. The van der Waals surface area contributed by atoms with Crippen molar-refractivity contribution >= 4 is 30.7 Å². The number of esters is 1. The molecule has 1 aliphatic rings. The molecule has 1 unspecified atom stereocenters. The molecule has 14 heavy (non-hydrogen) atoms. The Kier molecular flexibility index (Phi) is 5.77. The summed E-state index contributed by atoms with van der Waals surface area (Å²) in [5, 5.41) is 0. The Morgan fingerprint density at radius 1 is 1.64 bits per heavy atom. The Morgan fingerprint density at radius 3 is 2.64 bits per heavy atom. The molecule has 0 N–H and O–H groups in total. The predicted octanol–water partition coefficient (Wildman–Crippen LogP) is -0.380. The lowest BCUT2D eigenvalue weighted by atomic mass is 10.1. The van der Waals surface area contributed by atoms with Gasteiger partial charge in [0.25, 0.3) is 5.91 Å². The van der Waals surface area contributed by atoms with E-state index < -0.39 is 17.8 Å². The van der Waals surface area contributed by atoms with E-state index in [2.05, 4.69) is 14.7 Å². The Morgan fingerprint density at radius 2 is 2.21 bits per heavy atom. The van der Waals surface area contributed by atoms with Crippen LogP contribution in [0.25, 0.3) is 0 Å². The minimum atomic E-state index is -0.954. The van der Waals surface area contributed by atoms with Crippen molar-refractivity contribution in [3.63, 3.8) is 0 Å². The normalized spacial score (nSPS) is 18.1. The number of nitrogens with zero attached hydrogens (tertiary/aromatic N) is 2. The number of aldehydes is 1. The summed E-state index contributed by atoms with van der Waals surface area (Å²) in [5.41, 5.74) is 0. The number of carbonyl (C=O) groups excluding carboxylic acids is 3. The zero-order chi connectivity index (χ0) is 11.0. The summed E-state index contributed by atoms with van der Waals surface area (Å²) in [6, 6.07) is 0. The van der Waals surface area contributed by atoms with Crippen LogP contribution in [0.3, 0.4) is 0 Å². The average molecular weight is 198 g/mol. The zero-order valence-corrected chi connectivity index (χ0v) is 7.84. The lowest BCUT2D eigenvalue weighted by molar-refractivity contribution is -0.146. The third-order valence-electron chi connectivity index (χ3n) is 1.21. The number of hydrogen-bond acceptors (Lipinski definition) is 5. The SMILES string of the molecule is CC=O.COC(=O)C1C=NC=NC1=O. The van der Waals surface area contributed by atoms with E-state index in [1.807, 2.05) is 0 Å². The van der Waals surface area contributed by atoms with Gasteiger partial charge >= 0.3 is 5.97 Å². The third-order valence-corrected chi connectivity index (χ3v) is 1.21. The first-order valence-corrected chi connectivity index (χ1v) is 3.74. The van der Waals surface area contributed by atoms with E-state index >= 15 is 0 Å². The van der Waals surface area contributed by atoms with Gasteiger partial charge in [-0.15, -0.1) is 0 Å². The van der Waals surface area contributed by atoms with E-state index in [0.29, 0.717) is 0 Å². The van der Waals surface area contributed by atoms with Gasteiger partial charge in [0, 0.05) is 6.21 Å². The molecule has 0 saturated heterocycles. The van der Waals surface area contributed by atoms with Gasteiger partial charge in [-0.25, -0.2) is 9.98 Å². The van der Waals surface area contributed by atoms with Crippen LogP contribution in [0.4, 0.5) is 0 Å². The molecule has 0 aromatic heterocycles. The number of amides is 1. The highest BCUT2D eigenvalue weighted by molar-refractivity contribution is 6.15. The van der Waals surface area contributed by atoms with Crippen LogP contribution < -0.4 is 0 Å². The second kappa shape index (κ2) is 6.64. The summed E-state index contributed by atoms with van der Waals surface area (Å²) in [7, 11) is 1.21. The maximum Gasteiger partial charge on any atom is 0.323 e. The van der Waals surface area contributed by atoms with Crippen molar-refractivity contribution in [2.45, 2.75) is 6.92 Å². The maximum absolute atomic E-state index is 10.8. The summed E-state index contributed by atoms with van der Waals surface area (Å²) in [5.74, 6) is -2.12. The van der Waals surface area contributed by atoms with Gasteiger partial charge in [-0.3, -0.25) is 9.59 Å². The molecular formula is C8H10N2O4. The van der Waals surface area contributed by atoms with Gasteiger partial charge in [-0.2, -0.15) is 0 Å². The lowest BCUT2D eigenvalue weighted by Gasteiger charge is -2.06. The van der Waals surface area contributed by atoms with Crippen molar-refractivity contribution in [2.24, 2.45) is 15.9 Å². The van der Waals surface area contributed by atoms with Gasteiger partial charge in [-0.1, -0.05) is 0 Å². The van der Waals surface area contributed by atoms with E-state index in [0.717, 1.165) is 12.6 Å². The molecule has 6 heteroatoms. The third kappa shape index (κ3) is 3.70. The van der Waals surface area contributed by atoms with Gasteiger partial charge in [0.2, 0.25) is 0 Å². The molecule has 0 radical (unpaired) electrons.